The molecule has 14 heavy (non-hydrogen) atoms. The van der Waals surface area contributed by atoms with Crippen molar-refractivity contribution in [1.82, 2.24) is 5.23 Å². The maximum absolute atomic E-state index is 12.0. The lowest BCUT2D eigenvalue weighted by Crippen LogP contribution is -2.46. The van der Waals surface area contributed by atoms with Crippen LogP contribution in [0, 0.1) is 16.7 Å². The first-order valence-electron chi connectivity index (χ1n) is 5.14. The summed E-state index contributed by atoms with van der Waals surface area (Å²) < 4.78 is 0. The molecule has 0 amide bonds. The van der Waals surface area contributed by atoms with Crippen LogP contribution in [0.5, 0.6) is 0 Å². The van der Waals surface area contributed by atoms with Gasteiger partial charge < -0.3 is 5.23 Å². The number of ketones is 1. The van der Waals surface area contributed by atoms with Crippen molar-refractivity contribution in [2.75, 3.05) is 6.54 Å². The smallest absolute Gasteiger partial charge is 0.177 e. The monoisotopic (exact) mass is 195 g/mol. The number of Topliss-reactive ketones (excluding diaryl/α,β-unsaturated/α-hetero) is 1. The van der Waals surface area contributed by atoms with Gasteiger partial charge in [-0.05, 0) is 12.0 Å². The minimum absolute atomic E-state index is 0.0713. The van der Waals surface area contributed by atoms with Gasteiger partial charge in [-0.1, -0.05) is 41.5 Å². The molecule has 0 spiro atoms. The highest BCUT2D eigenvalue weighted by atomic mass is 16.1. The summed E-state index contributed by atoms with van der Waals surface area (Å²) in [4.78, 5) is 12.0. The average Bonchev–Trinajstić information content (AvgIpc) is 2.02. The van der Waals surface area contributed by atoms with E-state index in [2.05, 4.69) is 19.1 Å². The highest BCUT2D eigenvalue weighted by molar-refractivity contribution is 6.04. The Bertz CT molecular complexity index is 209. The molecule has 0 saturated carbocycles. The van der Waals surface area contributed by atoms with Gasteiger partial charge in [0, 0.05) is 11.3 Å². The van der Waals surface area contributed by atoms with E-state index in [1.165, 1.54) is 0 Å². The van der Waals surface area contributed by atoms with Crippen molar-refractivity contribution in [3.05, 3.63) is 0 Å². The summed E-state index contributed by atoms with van der Waals surface area (Å²) in [5.41, 5.74) is -0.489. The van der Waals surface area contributed by atoms with E-state index in [4.69, 9.17) is 7.98 Å². The SMILES string of the molecule is [B]NCC(C)(C)C(C)(C)C(=O)C(C)C. The Labute approximate surface area is 89.3 Å². The summed E-state index contributed by atoms with van der Waals surface area (Å²) in [6.07, 6.45) is 0. The molecule has 0 heterocycles. The first kappa shape index (κ1) is 13.7. The van der Waals surface area contributed by atoms with Crippen molar-refractivity contribution >= 4 is 13.8 Å². The number of hydrogen-bond donors (Lipinski definition) is 1. The first-order valence-corrected chi connectivity index (χ1v) is 5.14. The van der Waals surface area contributed by atoms with Gasteiger partial charge in [-0.25, -0.2) is 0 Å². The molecule has 0 atom stereocenters. The van der Waals surface area contributed by atoms with Crippen LogP contribution < -0.4 is 5.23 Å². The van der Waals surface area contributed by atoms with Crippen molar-refractivity contribution in [2.45, 2.75) is 41.5 Å². The lowest BCUT2D eigenvalue weighted by atomic mass is 9.63. The molecular weight excluding hydrogens is 173 g/mol. The largest absolute Gasteiger partial charge is 0.366 e. The fraction of sp³-hybridized carbons (Fsp3) is 0.909. The molecule has 0 unspecified atom stereocenters. The van der Waals surface area contributed by atoms with Crippen LogP contribution in [0.3, 0.4) is 0 Å². The molecule has 0 aromatic rings. The molecule has 2 radical (unpaired) electrons. The van der Waals surface area contributed by atoms with E-state index >= 15 is 0 Å². The summed E-state index contributed by atoms with van der Waals surface area (Å²) in [7, 11) is 5.33. The zero-order valence-corrected chi connectivity index (χ0v) is 10.3. The third-order valence-corrected chi connectivity index (χ3v) is 3.38. The highest BCUT2D eigenvalue weighted by Gasteiger charge is 2.42. The topological polar surface area (TPSA) is 29.1 Å². The van der Waals surface area contributed by atoms with Crippen LogP contribution in [-0.2, 0) is 4.79 Å². The standard InChI is InChI=1S/C11H22BNO/c1-8(2)9(14)11(5,6)10(3,4)7-13-12/h8,13H,7H2,1-6H3. The Hall–Kier alpha value is -0.305. The Morgan fingerprint density at radius 3 is 2.00 bits per heavy atom. The van der Waals surface area contributed by atoms with Crippen LogP contribution in [0.25, 0.3) is 0 Å². The van der Waals surface area contributed by atoms with Crippen LogP contribution >= 0.6 is 0 Å². The fourth-order valence-corrected chi connectivity index (χ4v) is 1.53. The molecule has 0 bridgehead atoms. The highest BCUT2D eigenvalue weighted by Crippen LogP contribution is 2.40. The minimum Gasteiger partial charge on any atom is -0.366 e. The molecule has 0 fully saturated rings. The van der Waals surface area contributed by atoms with Crippen LogP contribution in [-0.4, -0.2) is 20.3 Å². The van der Waals surface area contributed by atoms with E-state index in [9.17, 15) is 4.79 Å². The molecule has 1 N–H and O–H groups in total. The maximum atomic E-state index is 12.0. The molecule has 80 valence electrons. The summed E-state index contributed by atoms with van der Waals surface area (Å²) in [6, 6.07) is 0. The second kappa shape index (κ2) is 4.48. The van der Waals surface area contributed by atoms with Gasteiger partial charge in [0.15, 0.2) is 7.98 Å². The predicted octanol–water partition coefficient (Wildman–Crippen LogP) is 1.94. The minimum atomic E-state index is -0.354. The Kier molecular flexibility index (Phi) is 4.38. The van der Waals surface area contributed by atoms with E-state index in [0.29, 0.717) is 6.54 Å². The predicted molar refractivity (Wildman–Crippen MR) is 61.2 cm³/mol. The van der Waals surface area contributed by atoms with Gasteiger partial charge in [0.2, 0.25) is 0 Å². The lowest BCUT2D eigenvalue weighted by molar-refractivity contribution is -0.136. The summed E-state index contributed by atoms with van der Waals surface area (Å²) >= 11 is 0. The van der Waals surface area contributed by atoms with Crippen LogP contribution in [0.4, 0.5) is 0 Å². The number of carbonyl (C=O) groups is 1. The van der Waals surface area contributed by atoms with Gasteiger partial charge >= 0.3 is 0 Å². The number of nitrogens with one attached hydrogen (secondary N) is 1. The molecule has 0 aromatic heterocycles. The third kappa shape index (κ3) is 2.60. The molecule has 0 aromatic carbocycles. The number of carbonyl (C=O) groups excluding carboxylic acids is 1. The molecule has 0 aliphatic heterocycles. The average molecular weight is 195 g/mol. The van der Waals surface area contributed by atoms with Gasteiger partial charge in [0.05, 0.1) is 0 Å². The lowest BCUT2D eigenvalue weighted by Gasteiger charge is -2.41. The molecule has 3 heteroatoms. The molecule has 0 aliphatic carbocycles. The molecule has 2 nitrogen and oxygen atoms in total. The van der Waals surface area contributed by atoms with Gasteiger partial charge in [-0.3, -0.25) is 4.79 Å². The second-order valence-corrected chi connectivity index (χ2v) is 5.41. The molecule has 0 saturated heterocycles. The van der Waals surface area contributed by atoms with Gasteiger partial charge in [-0.15, -0.1) is 0 Å². The van der Waals surface area contributed by atoms with Crippen LogP contribution in [0.2, 0.25) is 0 Å². The Morgan fingerprint density at radius 2 is 1.71 bits per heavy atom. The third-order valence-electron chi connectivity index (χ3n) is 3.38. The maximum Gasteiger partial charge on any atom is 0.177 e. The quantitative estimate of drug-likeness (QED) is 0.679. The zero-order chi connectivity index (χ0) is 11.6. The summed E-state index contributed by atoms with van der Waals surface area (Å²) in [6.45, 7) is 12.6. The van der Waals surface area contributed by atoms with Crippen molar-refractivity contribution in [3.8, 4) is 0 Å². The van der Waals surface area contributed by atoms with Crippen molar-refractivity contribution in [1.29, 1.82) is 0 Å². The Morgan fingerprint density at radius 1 is 1.29 bits per heavy atom. The van der Waals surface area contributed by atoms with Gasteiger partial charge in [-0.2, -0.15) is 0 Å². The zero-order valence-electron chi connectivity index (χ0n) is 10.3. The Balaban J connectivity index is 4.84. The molecule has 0 aliphatic rings. The summed E-state index contributed by atoms with van der Waals surface area (Å²) in [5.74, 6) is 0.361. The normalized spacial score (nSPS) is 13.4. The van der Waals surface area contributed by atoms with Crippen molar-refractivity contribution in [3.63, 3.8) is 0 Å². The van der Waals surface area contributed by atoms with E-state index < -0.39 is 0 Å². The van der Waals surface area contributed by atoms with E-state index in [-0.39, 0.29) is 22.5 Å². The molecule has 0 rings (SSSR count). The van der Waals surface area contributed by atoms with Crippen LogP contribution in [0.15, 0.2) is 0 Å². The van der Waals surface area contributed by atoms with Crippen LogP contribution in [0.1, 0.15) is 41.5 Å². The molecular formula is C11H22BNO. The summed E-state index contributed by atoms with van der Waals surface area (Å²) in [5, 5.41) is 2.66. The fourth-order valence-electron chi connectivity index (χ4n) is 1.53. The number of hydrogen-bond acceptors (Lipinski definition) is 2. The van der Waals surface area contributed by atoms with Crippen molar-refractivity contribution < 1.29 is 4.79 Å². The first-order chi connectivity index (χ1) is 6.16. The van der Waals surface area contributed by atoms with E-state index in [1.807, 2.05) is 27.7 Å². The van der Waals surface area contributed by atoms with E-state index in [0.717, 1.165) is 0 Å². The van der Waals surface area contributed by atoms with E-state index in [1.54, 1.807) is 0 Å². The van der Waals surface area contributed by atoms with Crippen molar-refractivity contribution in [2.24, 2.45) is 16.7 Å². The second-order valence-electron chi connectivity index (χ2n) is 5.41. The number of rotatable bonds is 5. The van der Waals surface area contributed by atoms with Gasteiger partial charge in [0.1, 0.15) is 5.78 Å². The van der Waals surface area contributed by atoms with Gasteiger partial charge in [0.25, 0.3) is 0 Å².